The number of nitrogens with zero attached hydrogens (tertiary/aromatic N) is 1. The number of benzene rings is 1. The van der Waals surface area contributed by atoms with E-state index in [0.29, 0.717) is 5.75 Å². The number of nitrogens with one attached hydrogen (secondary N) is 1. The molecule has 2 N–H and O–H groups in total. The van der Waals surface area contributed by atoms with E-state index in [1.807, 2.05) is 30.5 Å². The van der Waals surface area contributed by atoms with Crippen LogP contribution in [0.4, 0.5) is 0 Å². The molecule has 21 heavy (non-hydrogen) atoms. The molecule has 1 aliphatic heterocycles. The normalized spacial score (nSPS) is 21.4. The third kappa shape index (κ3) is 3.04. The second-order valence-electron chi connectivity index (χ2n) is 4.57. The monoisotopic (exact) mass is 322 g/mol. The molecule has 2 unspecified atom stereocenters. The Balaban J connectivity index is 1.75. The summed E-state index contributed by atoms with van der Waals surface area (Å²) >= 11 is 3.19. The number of hydrogen-bond acceptors (Lipinski definition) is 6. The smallest absolute Gasteiger partial charge is 0.321 e. The molecule has 1 fully saturated rings. The van der Waals surface area contributed by atoms with Crippen LogP contribution in [0.25, 0.3) is 10.6 Å². The molecule has 0 spiro atoms. The predicted molar refractivity (Wildman–Crippen MR) is 83.9 cm³/mol. The summed E-state index contributed by atoms with van der Waals surface area (Å²) in [6, 6.07) is 7.26. The largest absolute Gasteiger partial charge is 0.497 e. The zero-order chi connectivity index (χ0) is 14.8. The van der Waals surface area contributed by atoms with E-state index in [1.54, 1.807) is 30.2 Å². The molecule has 2 aromatic rings. The van der Waals surface area contributed by atoms with Crippen LogP contribution in [-0.4, -0.2) is 35.0 Å². The van der Waals surface area contributed by atoms with Gasteiger partial charge in [0.05, 0.1) is 17.4 Å². The van der Waals surface area contributed by atoms with Gasteiger partial charge in [-0.1, -0.05) is 0 Å². The standard InChI is InChI=1S/C14H14N2O3S2/c1-19-9-4-2-8(3-5-9)12-15-6-11(21-12)13-16-10(7-20-13)14(17)18/h2-6,10,13,16H,7H2,1H3,(H,17,18). The highest BCUT2D eigenvalue weighted by atomic mass is 32.2. The molecule has 0 bridgehead atoms. The van der Waals surface area contributed by atoms with Gasteiger partial charge in [-0.15, -0.1) is 23.1 Å². The van der Waals surface area contributed by atoms with Gasteiger partial charge >= 0.3 is 5.97 Å². The Morgan fingerprint density at radius 1 is 1.43 bits per heavy atom. The van der Waals surface area contributed by atoms with Gasteiger partial charge < -0.3 is 9.84 Å². The number of thiazole rings is 1. The summed E-state index contributed by atoms with van der Waals surface area (Å²) in [5.41, 5.74) is 1.03. The van der Waals surface area contributed by atoms with Crippen molar-refractivity contribution in [2.24, 2.45) is 0 Å². The second kappa shape index (κ2) is 6.05. The van der Waals surface area contributed by atoms with Crippen molar-refractivity contribution < 1.29 is 14.6 Å². The van der Waals surface area contributed by atoms with Crippen LogP contribution in [0.1, 0.15) is 10.3 Å². The van der Waals surface area contributed by atoms with Crippen molar-refractivity contribution in [3.63, 3.8) is 0 Å². The highest BCUT2D eigenvalue weighted by Crippen LogP contribution is 2.38. The molecule has 0 saturated carbocycles. The lowest BCUT2D eigenvalue weighted by Crippen LogP contribution is -2.33. The number of rotatable bonds is 4. The van der Waals surface area contributed by atoms with E-state index in [2.05, 4.69) is 10.3 Å². The van der Waals surface area contributed by atoms with Crippen LogP contribution in [0.3, 0.4) is 0 Å². The maximum Gasteiger partial charge on any atom is 0.321 e. The van der Waals surface area contributed by atoms with Crippen molar-refractivity contribution >= 4 is 29.1 Å². The molecule has 1 aromatic heterocycles. The molecular formula is C14H14N2O3S2. The summed E-state index contributed by atoms with van der Waals surface area (Å²) < 4.78 is 5.14. The second-order valence-corrected chi connectivity index (χ2v) is 6.77. The zero-order valence-electron chi connectivity index (χ0n) is 11.3. The molecular weight excluding hydrogens is 308 g/mol. The zero-order valence-corrected chi connectivity index (χ0v) is 12.9. The summed E-state index contributed by atoms with van der Waals surface area (Å²) in [5.74, 6) is 0.591. The van der Waals surface area contributed by atoms with Gasteiger partial charge in [0.2, 0.25) is 0 Å². The van der Waals surface area contributed by atoms with Crippen molar-refractivity contribution in [1.29, 1.82) is 0 Å². The van der Waals surface area contributed by atoms with Crippen LogP contribution < -0.4 is 10.1 Å². The minimum Gasteiger partial charge on any atom is -0.497 e. The van der Waals surface area contributed by atoms with Gasteiger partial charge in [0, 0.05) is 17.5 Å². The fourth-order valence-corrected chi connectivity index (χ4v) is 4.37. The van der Waals surface area contributed by atoms with E-state index in [4.69, 9.17) is 9.84 Å². The van der Waals surface area contributed by atoms with E-state index < -0.39 is 12.0 Å². The van der Waals surface area contributed by atoms with Crippen LogP contribution in [0.2, 0.25) is 0 Å². The Kier molecular flexibility index (Phi) is 4.14. The molecule has 1 saturated heterocycles. The molecule has 2 atom stereocenters. The molecule has 2 heterocycles. The van der Waals surface area contributed by atoms with E-state index in [1.165, 1.54) is 0 Å². The van der Waals surface area contributed by atoms with E-state index in [9.17, 15) is 4.79 Å². The first-order valence-corrected chi connectivity index (χ1v) is 8.24. The molecule has 5 nitrogen and oxygen atoms in total. The number of hydrogen-bond donors (Lipinski definition) is 2. The minimum absolute atomic E-state index is 0.00981. The Labute approximate surface area is 130 Å². The van der Waals surface area contributed by atoms with Gasteiger partial charge in [-0.2, -0.15) is 0 Å². The van der Waals surface area contributed by atoms with Crippen molar-refractivity contribution in [2.45, 2.75) is 11.4 Å². The Morgan fingerprint density at radius 3 is 2.81 bits per heavy atom. The number of carboxylic acids is 1. The number of ether oxygens (including phenoxy) is 1. The highest BCUT2D eigenvalue weighted by molar-refractivity contribution is 7.99. The molecule has 0 aliphatic carbocycles. The van der Waals surface area contributed by atoms with Crippen LogP contribution in [0.5, 0.6) is 5.75 Å². The number of methoxy groups -OCH3 is 1. The Morgan fingerprint density at radius 2 is 2.19 bits per heavy atom. The summed E-state index contributed by atoms with van der Waals surface area (Å²) in [4.78, 5) is 16.4. The van der Waals surface area contributed by atoms with Crippen LogP contribution >= 0.6 is 23.1 Å². The quantitative estimate of drug-likeness (QED) is 0.901. The lowest BCUT2D eigenvalue weighted by atomic mass is 10.2. The average molecular weight is 322 g/mol. The fraction of sp³-hybridized carbons (Fsp3) is 0.286. The van der Waals surface area contributed by atoms with Gasteiger partial charge in [0.25, 0.3) is 0 Å². The molecule has 1 aliphatic rings. The minimum atomic E-state index is -0.801. The van der Waals surface area contributed by atoms with Gasteiger partial charge in [-0.05, 0) is 24.3 Å². The Bertz CT molecular complexity index is 642. The van der Waals surface area contributed by atoms with Crippen molar-refractivity contribution in [2.75, 3.05) is 12.9 Å². The molecule has 0 amide bonds. The third-order valence-electron chi connectivity index (χ3n) is 3.20. The van der Waals surface area contributed by atoms with Crippen molar-refractivity contribution in [3.8, 4) is 16.3 Å². The first-order chi connectivity index (χ1) is 10.2. The summed E-state index contributed by atoms with van der Waals surface area (Å²) in [7, 11) is 1.64. The van der Waals surface area contributed by atoms with E-state index in [-0.39, 0.29) is 5.37 Å². The van der Waals surface area contributed by atoms with Crippen LogP contribution in [0.15, 0.2) is 30.5 Å². The van der Waals surface area contributed by atoms with Gasteiger partial charge in [0.1, 0.15) is 16.8 Å². The maximum atomic E-state index is 11.0. The lowest BCUT2D eigenvalue weighted by Gasteiger charge is -2.07. The fourth-order valence-electron chi connectivity index (χ4n) is 2.05. The molecule has 0 radical (unpaired) electrons. The molecule has 1 aromatic carbocycles. The van der Waals surface area contributed by atoms with Crippen molar-refractivity contribution in [1.82, 2.24) is 10.3 Å². The number of aliphatic carboxylic acids is 1. The summed E-state index contributed by atoms with van der Waals surface area (Å²) in [6.45, 7) is 0. The molecule has 3 rings (SSSR count). The number of thioether (sulfide) groups is 1. The average Bonchev–Trinajstić information content (AvgIpc) is 3.16. The topological polar surface area (TPSA) is 71.5 Å². The van der Waals surface area contributed by atoms with Gasteiger partial charge in [0.15, 0.2) is 0 Å². The maximum absolute atomic E-state index is 11.0. The highest BCUT2D eigenvalue weighted by Gasteiger charge is 2.31. The first-order valence-electron chi connectivity index (χ1n) is 6.38. The van der Waals surface area contributed by atoms with Crippen LogP contribution in [-0.2, 0) is 4.79 Å². The predicted octanol–water partition coefficient (Wildman–Crippen LogP) is 2.61. The lowest BCUT2D eigenvalue weighted by molar-refractivity contribution is -0.138. The summed E-state index contributed by atoms with van der Waals surface area (Å²) in [6.07, 6.45) is 1.82. The molecule has 110 valence electrons. The van der Waals surface area contributed by atoms with Gasteiger partial charge in [-0.3, -0.25) is 10.1 Å². The Hall–Kier alpha value is -1.57. The van der Waals surface area contributed by atoms with E-state index >= 15 is 0 Å². The van der Waals surface area contributed by atoms with E-state index in [0.717, 1.165) is 21.2 Å². The number of carboxylic acid groups (broad SMARTS) is 1. The van der Waals surface area contributed by atoms with Gasteiger partial charge in [-0.25, -0.2) is 4.98 Å². The SMILES string of the molecule is COc1ccc(-c2ncc(C3NC(C(=O)O)CS3)s2)cc1. The number of carbonyl (C=O) groups is 1. The van der Waals surface area contributed by atoms with Crippen LogP contribution in [0, 0.1) is 0 Å². The van der Waals surface area contributed by atoms with Crippen molar-refractivity contribution in [3.05, 3.63) is 35.3 Å². The number of aromatic nitrogens is 1. The molecule has 7 heteroatoms. The summed E-state index contributed by atoms with van der Waals surface area (Å²) in [5, 5.41) is 13.0. The third-order valence-corrected chi connectivity index (χ3v) is 5.71. The first kappa shape index (κ1) is 14.4.